The Morgan fingerprint density at radius 1 is 1.19 bits per heavy atom. The first-order valence-electron chi connectivity index (χ1n) is 8.84. The molecular weight excluding hydrogens is 362 g/mol. The van der Waals surface area contributed by atoms with Gasteiger partial charge in [-0.3, -0.25) is 9.13 Å². The van der Waals surface area contributed by atoms with Crippen LogP contribution in [-0.4, -0.2) is 21.2 Å². The molecule has 0 fully saturated rings. The molecule has 6 heteroatoms. The molecule has 1 N–H and O–H groups in total. The van der Waals surface area contributed by atoms with Crippen molar-refractivity contribution in [3.8, 4) is 11.4 Å². The molecule has 27 heavy (non-hydrogen) atoms. The molecule has 5 rings (SSSR count). The van der Waals surface area contributed by atoms with Crippen molar-refractivity contribution < 1.29 is 4.74 Å². The van der Waals surface area contributed by atoms with Gasteiger partial charge in [0.2, 0.25) is 0 Å². The van der Waals surface area contributed by atoms with Crippen LogP contribution >= 0.6 is 11.6 Å². The standard InChI is InChI=1S/C21H18ClN3O2/c1-12-20-18(17-10-16(27-2)7-8-19(17)23-20)9-15-11-24(21(26)25(12)15)14-5-3-13(22)4-6-14/h3-8,10-12,23H,9H2,1-2H3. The number of imidazole rings is 1. The van der Waals surface area contributed by atoms with Crippen LogP contribution < -0.4 is 10.4 Å². The van der Waals surface area contributed by atoms with Crippen LogP contribution in [0.25, 0.3) is 16.6 Å². The van der Waals surface area contributed by atoms with Gasteiger partial charge < -0.3 is 9.72 Å². The van der Waals surface area contributed by atoms with Crippen LogP contribution in [0.4, 0.5) is 0 Å². The van der Waals surface area contributed by atoms with Crippen molar-refractivity contribution in [2.24, 2.45) is 0 Å². The number of H-pyrrole nitrogens is 1. The summed E-state index contributed by atoms with van der Waals surface area (Å²) < 4.78 is 8.94. The van der Waals surface area contributed by atoms with Gasteiger partial charge >= 0.3 is 5.69 Å². The van der Waals surface area contributed by atoms with Crippen LogP contribution in [0, 0.1) is 0 Å². The second kappa shape index (κ2) is 5.79. The molecule has 2 aromatic carbocycles. The molecule has 0 saturated heterocycles. The van der Waals surface area contributed by atoms with Crippen molar-refractivity contribution in [1.29, 1.82) is 0 Å². The number of benzene rings is 2. The lowest BCUT2D eigenvalue weighted by Gasteiger charge is -2.21. The first kappa shape index (κ1) is 16.3. The second-order valence-electron chi connectivity index (χ2n) is 6.90. The maximum atomic E-state index is 13.1. The summed E-state index contributed by atoms with van der Waals surface area (Å²) in [4.78, 5) is 16.6. The number of nitrogens with one attached hydrogen (secondary N) is 1. The quantitative estimate of drug-likeness (QED) is 0.564. The average molecular weight is 380 g/mol. The molecule has 1 aliphatic heterocycles. The fraction of sp³-hybridized carbons (Fsp3) is 0.190. The number of nitrogens with zero attached hydrogens (tertiary/aromatic N) is 2. The number of fused-ring (bicyclic) bond motifs is 4. The van der Waals surface area contributed by atoms with Gasteiger partial charge in [-0.05, 0) is 55.0 Å². The Balaban J connectivity index is 1.67. The Morgan fingerprint density at radius 3 is 2.70 bits per heavy atom. The Bertz CT molecular complexity index is 1230. The number of hydrogen-bond donors (Lipinski definition) is 1. The molecule has 0 saturated carbocycles. The second-order valence-corrected chi connectivity index (χ2v) is 7.34. The summed E-state index contributed by atoms with van der Waals surface area (Å²) in [6.07, 6.45) is 2.63. The molecule has 4 aromatic rings. The number of ether oxygens (including phenoxy) is 1. The summed E-state index contributed by atoms with van der Waals surface area (Å²) in [6, 6.07) is 13.3. The molecule has 3 heterocycles. The van der Waals surface area contributed by atoms with E-state index in [9.17, 15) is 4.79 Å². The van der Waals surface area contributed by atoms with Crippen molar-refractivity contribution in [2.75, 3.05) is 7.11 Å². The van der Waals surface area contributed by atoms with E-state index in [4.69, 9.17) is 16.3 Å². The van der Waals surface area contributed by atoms with Crippen LogP contribution in [0.2, 0.25) is 5.02 Å². The van der Waals surface area contributed by atoms with E-state index >= 15 is 0 Å². The molecule has 0 spiro atoms. The summed E-state index contributed by atoms with van der Waals surface area (Å²) >= 11 is 5.98. The molecule has 5 nitrogen and oxygen atoms in total. The van der Waals surface area contributed by atoms with E-state index < -0.39 is 0 Å². The zero-order chi connectivity index (χ0) is 18.7. The fourth-order valence-electron chi connectivity index (χ4n) is 4.07. The van der Waals surface area contributed by atoms with Crippen molar-refractivity contribution >= 4 is 22.5 Å². The van der Waals surface area contributed by atoms with Gasteiger partial charge in [0.1, 0.15) is 5.75 Å². The minimum Gasteiger partial charge on any atom is -0.497 e. The third-order valence-electron chi connectivity index (χ3n) is 5.41. The first-order chi connectivity index (χ1) is 13.1. The minimum atomic E-state index is -0.0665. The van der Waals surface area contributed by atoms with E-state index in [-0.39, 0.29) is 11.7 Å². The van der Waals surface area contributed by atoms with E-state index in [1.165, 1.54) is 5.56 Å². The Hall–Kier alpha value is -2.92. The van der Waals surface area contributed by atoms with Crippen LogP contribution in [0.15, 0.2) is 53.5 Å². The summed E-state index contributed by atoms with van der Waals surface area (Å²) in [5.41, 5.74) is 5.15. The van der Waals surface area contributed by atoms with E-state index in [2.05, 4.69) is 18.0 Å². The Labute approximate surface area is 160 Å². The van der Waals surface area contributed by atoms with Gasteiger partial charge in [0.15, 0.2) is 0 Å². The molecule has 0 aliphatic carbocycles. The lowest BCUT2D eigenvalue weighted by Crippen LogP contribution is -2.30. The number of methoxy groups -OCH3 is 1. The molecule has 1 atom stereocenters. The maximum Gasteiger partial charge on any atom is 0.333 e. The summed E-state index contributed by atoms with van der Waals surface area (Å²) in [5, 5.41) is 1.80. The third-order valence-corrected chi connectivity index (χ3v) is 5.67. The lowest BCUT2D eigenvalue weighted by molar-refractivity contribution is 0.415. The maximum absolute atomic E-state index is 13.1. The van der Waals surface area contributed by atoms with Crippen LogP contribution in [0.5, 0.6) is 5.75 Å². The molecule has 2 aromatic heterocycles. The highest BCUT2D eigenvalue weighted by Gasteiger charge is 2.29. The van der Waals surface area contributed by atoms with Gasteiger partial charge in [-0.25, -0.2) is 4.79 Å². The zero-order valence-corrected chi connectivity index (χ0v) is 15.7. The largest absolute Gasteiger partial charge is 0.497 e. The fourth-order valence-corrected chi connectivity index (χ4v) is 4.20. The highest BCUT2D eigenvalue weighted by atomic mass is 35.5. The summed E-state index contributed by atoms with van der Waals surface area (Å²) in [7, 11) is 1.67. The minimum absolute atomic E-state index is 0.0401. The Morgan fingerprint density at radius 2 is 1.96 bits per heavy atom. The number of aromatic nitrogens is 3. The number of halogens is 1. The van der Waals surface area contributed by atoms with Crippen LogP contribution in [0.1, 0.15) is 29.9 Å². The topological polar surface area (TPSA) is 51.9 Å². The van der Waals surface area contributed by atoms with E-state index in [0.717, 1.165) is 33.7 Å². The molecule has 0 radical (unpaired) electrons. The Kier molecular flexibility index (Phi) is 3.49. The molecule has 1 aliphatic rings. The van der Waals surface area contributed by atoms with Gasteiger partial charge in [-0.2, -0.15) is 0 Å². The van der Waals surface area contributed by atoms with Gasteiger partial charge in [0, 0.05) is 39.9 Å². The average Bonchev–Trinajstić information content (AvgIpc) is 3.21. The summed E-state index contributed by atoms with van der Waals surface area (Å²) in [5.74, 6) is 0.832. The van der Waals surface area contributed by atoms with Gasteiger partial charge in [0.05, 0.1) is 18.8 Å². The van der Waals surface area contributed by atoms with Crippen molar-refractivity contribution in [3.63, 3.8) is 0 Å². The molecule has 0 amide bonds. The van der Waals surface area contributed by atoms with Gasteiger partial charge in [-0.15, -0.1) is 0 Å². The van der Waals surface area contributed by atoms with Crippen molar-refractivity contribution in [1.82, 2.24) is 14.1 Å². The van der Waals surface area contributed by atoms with Gasteiger partial charge in [0.25, 0.3) is 0 Å². The SMILES string of the molecule is COc1ccc2[nH]c3c(c2c1)Cc1cn(-c2ccc(Cl)cc2)c(=O)n1C3C. The number of rotatable bonds is 2. The molecule has 0 bridgehead atoms. The van der Waals surface area contributed by atoms with E-state index in [1.54, 1.807) is 23.8 Å². The number of hydrogen-bond acceptors (Lipinski definition) is 2. The monoisotopic (exact) mass is 379 g/mol. The zero-order valence-electron chi connectivity index (χ0n) is 15.0. The number of aromatic amines is 1. The third kappa shape index (κ3) is 2.35. The van der Waals surface area contributed by atoms with E-state index in [0.29, 0.717) is 11.4 Å². The van der Waals surface area contributed by atoms with Crippen molar-refractivity contribution in [3.05, 3.63) is 81.1 Å². The van der Waals surface area contributed by atoms with E-state index in [1.807, 2.05) is 35.0 Å². The van der Waals surface area contributed by atoms with Crippen molar-refractivity contribution in [2.45, 2.75) is 19.4 Å². The molecule has 136 valence electrons. The van der Waals surface area contributed by atoms with Crippen LogP contribution in [0.3, 0.4) is 0 Å². The highest BCUT2D eigenvalue weighted by Crippen LogP contribution is 2.36. The molecule has 1 unspecified atom stereocenters. The predicted molar refractivity (Wildman–Crippen MR) is 107 cm³/mol. The molecular formula is C21H18ClN3O2. The lowest BCUT2D eigenvalue weighted by atomic mass is 9.98. The summed E-state index contributed by atoms with van der Waals surface area (Å²) in [6.45, 7) is 2.06. The van der Waals surface area contributed by atoms with Gasteiger partial charge in [-0.1, -0.05) is 11.6 Å². The highest BCUT2D eigenvalue weighted by molar-refractivity contribution is 6.30. The predicted octanol–water partition coefficient (Wildman–Crippen LogP) is 4.30. The normalized spacial score (nSPS) is 15.6. The first-order valence-corrected chi connectivity index (χ1v) is 9.22. The smallest absolute Gasteiger partial charge is 0.333 e. The van der Waals surface area contributed by atoms with Crippen LogP contribution in [-0.2, 0) is 6.42 Å².